The molecule has 182 valence electrons. The van der Waals surface area contributed by atoms with E-state index in [1.807, 2.05) is 0 Å². The summed E-state index contributed by atoms with van der Waals surface area (Å²) in [6.07, 6.45) is 4.26. The SMILES string of the molecule is C/C=C1\NC(=O)c2cccc(n2)CNC(=O)C[C@@H](/C=C/CCSC(C)=O)OC(=O)[C@@H](C)NC1=O. The zero-order valence-corrected chi connectivity index (χ0v) is 20.1. The summed E-state index contributed by atoms with van der Waals surface area (Å²) in [4.78, 5) is 65.4. The first-order valence-corrected chi connectivity index (χ1v) is 11.7. The van der Waals surface area contributed by atoms with Crippen molar-refractivity contribution in [1.82, 2.24) is 20.9 Å². The van der Waals surface area contributed by atoms with Crippen LogP contribution in [0.1, 0.15) is 49.8 Å². The zero-order chi connectivity index (χ0) is 25.1. The van der Waals surface area contributed by atoms with E-state index in [2.05, 4.69) is 20.9 Å². The molecule has 0 saturated carbocycles. The molecule has 0 aromatic carbocycles. The average molecular weight is 489 g/mol. The molecular formula is C23H28N4O6S. The molecule has 0 spiro atoms. The molecule has 0 unspecified atom stereocenters. The van der Waals surface area contributed by atoms with E-state index < -0.39 is 35.8 Å². The number of aromatic nitrogens is 1. The number of hydrogen-bond donors (Lipinski definition) is 3. The molecule has 11 heteroatoms. The van der Waals surface area contributed by atoms with Crippen LogP contribution in [0.25, 0.3) is 0 Å². The lowest BCUT2D eigenvalue weighted by Crippen LogP contribution is -2.44. The Morgan fingerprint density at radius 2 is 2.00 bits per heavy atom. The zero-order valence-electron chi connectivity index (χ0n) is 19.3. The van der Waals surface area contributed by atoms with E-state index in [1.54, 1.807) is 31.2 Å². The van der Waals surface area contributed by atoms with Crippen LogP contribution < -0.4 is 16.0 Å². The van der Waals surface area contributed by atoms with Gasteiger partial charge in [-0.15, -0.1) is 0 Å². The highest BCUT2D eigenvalue weighted by Gasteiger charge is 2.24. The molecule has 2 rings (SSSR count). The Bertz CT molecular complexity index is 1010. The van der Waals surface area contributed by atoms with E-state index in [0.29, 0.717) is 17.9 Å². The van der Waals surface area contributed by atoms with Crippen LogP contribution in [-0.4, -0.2) is 51.7 Å². The van der Waals surface area contributed by atoms with Crippen molar-refractivity contribution < 1.29 is 28.7 Å². The summed E-state index contributed by atoms with van der Waals surface area (Å²) < 4.78 is 5.45. The van der Waals surface area contributed by atoms with E-state index in [1.165, 1.54) is 37.8 Å². The van der Waals surface area contributed by atoms with E-state index in [4.69, 9.17) is 4.74 Å². The third-order valence-corrected chi connectivity index (χ3v) is 5.43. The molecule has 0 saturated heterocycles. The number of allylic oxidation sites excluding steroid dienone is 2. The van der Waals surface area contributed by atoms with Gasteiger partial charge in [-0.05, 0) is 38.5 Å². The lowest BCUT2D eigenvalue weighted by Gasteiger charge is -2.19. The molecule has 2 heterocycles. The van der Waals surface area contributed by atoms with Crippen molar-refractivity contribution in [3.8, 4) is 0 Å². The number of rotatable bonds is 4. The molecule has 3 amide bonds. The number of pyridine rings is 1. The predicted molar refractivity (Wildman–Crippen MR) is 126 cm³/mol. The molecule has 0 radical (unpaired) electrons. The number of esters is 1. The van der Waals surface area contributed by atoms with Crippen LogP contribution in [0.15, 0.2) is 42.1 Å². The summed E-state index contributed by atoms with van der Waals surface area (Å²) in [5.41, 5.74) is 0.470. The fraction of sp³-hybridized carbons (Fsp3) is 0.391. The van der Waals surface area contributed by atoms with Crippen LogP contribution >= 0.6 is 11.8 Å². The lowest BCUT2D eigenvalue weighted by molar-refractivity contribution is -0.151. The fourth-order valence-electron chi connectivity index (χ4n) is 2.85. The van der Waals surface area contributed by atoms with Gasteiger partial charge in [0.05, 0.1) is 18.7 Å². The summed E-state index contributed by atoms with van der Waals surface area (Å²) in [5.74, 6) is -1.85. The number of carbonyl (C=O) groups excluding carboxylic acids is 5. The number of nitrogens with zero attached hydrogens (tertiary/aromatic N) is 1. The largest absolute Gasteiger partial charge is 0.456 e. The Hall–Kier alpha value is -3.47. The predicted octanol–water partition coefficient (Wildman–Crippen LogP) is 1.38. The minimum Gasteiger partial charge on any atom is -0.456 e. The number of fused-ring (bicyclic) bond motifs is 2. The van der Waals surface area contributed by atoms with Crippen molar-refractivity contribution in [2.45, 2.75) is 52.3 Å². The van der Waals surface area contributed by atoms with E-state index in [-0.39, 0.29) is 29.5 Å². The molecule has 0 aliphatic carbocycles. The normalized spacial score (nSPS) is 21.6. The maximum Gasteiger partial charge on any atom is 0.328 e. The third kappa shape index (κ3) is 8.81. The fourth-order valence-corrected chi connectivity index (χ4v) is 3.39. The maximum absolute atomic E-state index is 12.6. The van der Waals surface area contributed by atoms with E-state index >= 15 is 0 Å². The second-order valence-corrected chi connectivity index (χ2v) is 8.65. The van der Waals surface area contributed by atoms with Crippen molar-refractivity contribution in [2.75, 3.05) is 5.75 Å². The molecule has 0 fully saturated rings. The Balaban J connectivity index is 2.24. The molecule has 1 aromatic heterocycles. The van der Waals surface area contributed by atoms with Crippen molar-refractivity contribution in [1.29, 1.82) is 0 Å². The number of hydrogen-bond acceptors (Lipinski definition) is 8. The minimum absolute atomic E-state index is 0.00264. The molecule has 10 nitrogen and oxygen atoms in total. The maximum atomic E-state index is 12.6. The number of carbonyl (C=O) groups is 5. The number of nitrogens with one attached hydrogen (secondary N) is 3. The van der Waals surface area contributed by atoms with Crippen LogP contribution in [0, 0.1) is 0 Å². The summed E-state index contributed by atoms with van der Waals surface area (Å²) in [5, 5.41) is 7.66. The Kier molecular flexibility index (Phi) is 10.5. The summed E-state index contributed by atoms with van der Waals surface area (Å²) in [6.45, 7) is 4.55. The minimum atomic E-state index is -1.04. The van der Waals surface area contributed by atoms with Gasteiger partial charge in [0.1, 0.15) is 23.5 Å². The molecule has 1 aromatic rings. The van der Waals surface area contributed by atoms with Gasteiger partial charge in [0.15, 0.2) is 5.12 Å². The van der Waals surface area contributed by atoms with Gasteiger partial charge in [-0.3, -0.25) is 19.2 Å². The lowest BCUT2D eigenvalue weighted by atomic mass is 10.2. The highest BCUT2D eigenvalue weighted by atomic mass is 32.2. The topological polar surface area (TPSA) is 144 Å². The molecule has 3 N–H and O–H groups in total. The standard InChI is InChI=1S/C23H28N4O6S/c1-4-18-21(30)25-14(2)23(32)33-17(9-5-6-11-34-15(3)28)12-20(29)24-13-16-8-7-10-19(26-16)22(31)27-18/h4-5,7-10,14,17H,6,11-13H2,1-3H3,(H,24,29)(H,25,30)(H,27,31)/b9-5+,18-4-/t14-,17-/m1/s1. The first-order valence-electron chi connectivity index (χ1n) is 10.7. The molecule has 2 bridgehead atoms. The third-order valence-electron chi connectivity index (χ3n) is 4.58. The number of ether oxygens (including phenoxy) is 1. The smallest absolute Gasteiger partial charge is 0.328 e. The van der Waals surface area contributed by atoms with Crippen LogP contribution in [0.5, 0.6) is 0 Å². The summed E-state index contributed by atoms with van der Waals surface area (Å²) >= 11 is 1.17. The van der Waals surface area contributed by atoms with E-state index in [9.17, 15) is 24.0 Å². The Morgan fingerprint density at radius 3 is 2.71 bits per heavy atom. The van der Waals surface area contributed by atoms with Gasteiger partial charge in [0.2, 0.25) is 5.91 Å². The monoisotopic (exact) mass is 488 g/mol. The highest BCUT2D eigenvalue weighted by molar-refractivity contribution is 8.13. The first-order chi connectivity index (χ1) is 16.2. The van der Waals surface area contributed by atoms with Crippen molar-refractivity contribution in [3.63, 3.8) is 0 Å². The Labute approximate surface area is 202 Å². The highest BCUT2D eigenvalue weighted by Crippen LogP contribution is 2.09. The molecule has 2 atom stereocenters. The van der Waals surface area contributed by atoms with Gasteiger partial charge in [0.25, 0.3) is 11.8 Å². The first kappa shape index (κ1) is 26.8. The summed E-state index contributed by atoms with van der Waals surface area (Å²) in [6, 6.07) is 3.71. The second-order valence-electron chi connectivity index (χ2n) is 7.38. The van der Waals surface area contributed by atoms with Gasteiger partial charge in [-0.25, -0.2) is 9.78 Å². The van der Waals surface area contributed by atoms with Gasteiger partial charge >= 0.3 is 5.97 Å². The van der Waals surface area contributed by atoms with Crippen LogP contribution in [0.3, 0.4) is 0 Å². The van der Waals surface area contributed by atoms with Crippen molar-refractivity contribution in [3.05, 3.63) is 53.5 Å². The molecule has 1 aliphatic heterocycles. The van der Waals surface area contributed by atoms with Crippen molar-refractivity contribution in [2.24, 2.45) is 0 Å². The van der Waals surface area contributed by atoms with Gasteiger partial charge in [0, 0.05) is 12.7 Å². The van der Waals surface area contributed by atoms with Crippen LogP contribution in [0.2, 0.25) is 0 Å². The second kappa shape index (κ2) is 13.3. The average Bonchev–Trinajstić information content (AvgIpc) is 2.79. The van der Waals surface area contributed by atoms with Crippen molar-refractivity contribution >= 4 is 40.6 Å². The summed E-state index contributed by atoms with van der Waals surface area (Å²) in [7, 11) is 0. The quantitative estimate of drug-likeness (QED) is 0.250. The van der Waals surface area contributed by atoms with Gasteiger partial charge < -0.3 is 20.7 Å². The number of thioether (sulfide) groups is 1. The molecular weight excluding hydrogens is 460 g/mol. The number of amides is 3. The van der Waals surface area contributed by atoms with E-state index in [0.717, 1.165) is 0 Å². The molecule has 34 heavy (non-hydrogen) atoms. The number of cyclic esters (lactones) is 1. The Morgan fingerprint density at radius 1 is 1.24 bits per heavy atom. The van der Waals surface area contributed by atoms with Gasteiger partial charge in [-0.2, -0.15) is 0 Å². The molecule has 1 aliphatic rings. The van der Waals surface area contributed by atoms with Crippen LogP contribution in [0.4, 0.5) is 0 Å². The van der Waals surface area contributed by atoms with Crippen LogP contribution in [-0.2, 0) is 30.5 Å². The van der Waals surface area contributed by atoms with Gasteiger partial charge in [-0.1, -0.05) is 30.0 Å².